The Morgan fingerprint density at radius 3 is 2.79 bits per heavy atom. The molecule has 0 atom stereocenters. The Kier molecular flexibility index (Phi) is 4.99. The first-order valence-electron chi connectivity index (χ1n) is 5.97. The fourth-order valence-electron chi connectivity index (χ4n) is 1.70. The normalized spacial score (nSPS) is 11.0. The van der Waals surface area contributed by atoms with Gasteiger partial charge in [-0.1, -0.05) is 22.0 Å². The van der Waals surface area contributed by atoms with Gasteiger partial charge in [0.1, 0.15) is 18.7 Å². The van der Waals surface area contributed by atoms with Gasteiger partial charge in [0.25, 0.3) is 0 Å². The summed E-state index contributed by atoms with van der Waals surface area (Å²) in [6.45, 7) is 4.54. The molecule has 0 saturated heterocycles. The predicted octanol–water partition coefficient (Wildman–Crippen LogP) is 4.10. The lowest BCUT2D eigenvalue weighted by Crippen LogP contribution is -2.10. The van der Waals surface area contributed by atoms with E-state index in [-0.39, 0.29) is 6.04 Å². The van der Waals surface area contributed by atoms with E-state index in [9.17, 15) is 0 Å². The summed E-state index contributed by atoms with van der Waals surface area (Å²) in [5, 5.41) is 5.01. The third kappa shape index (κ3) is 3.57. The molecule has 2 aromatic rings. The van der Waals surface area contributed by atoms with Gasteiger partial charge in [-0.25, -0.2) is 9.67 Å². The lowest BCUT2D eigenvalue weighted by atomic mass is 10.2. The van der Waals surface area contributed by atoms with Crippen molar-refractivity contribution in [2.45, 2.75) is 31.8 Å². The lowest BCUT2D eigenvalue weighted by molar-refractivity contribution is 0.280. The molecule has 1 heterocycles. The molecule has 1 aromatic heterocycles. The van der Waals surface area contributed by atoms with Gasteiger partial charge in [-0.05, 0) is 47.5 Å². The molecule has 0 fully saturated rings. The van der Waals surface area contributed by atoms with Crippen molar-refractivity contribution in [2.24, 2.45) is 0 Å². The van der Waals surface area contributed by atoms with Crippen LogP contribution in [-0.4, -0.2) is 14.8 Å². The zero-order valence-electron chi connectivity index (χ0n) is 10.8. The van der Waals surface area contributed by atoms with Crippen LogP contribution in [0.25, 0.3) is 0 Å². The quantitative estimate of drug-likeness (QED) is 0.724. The van der Waals surface area contributed by atoms with Gasteiger partial charge in [0.05, 0.1) is 4.47 Å². The van der Waals surface area contributed by atoms with Crippen LogP contribution in [0.15, 0.2) is 29.0 Å². The van der Waals surface area contributed by atoms with Crippen LogP contribution in [0.5, 0.6) is 5.75 Å². The van der Waals surface area contributed by atoms with Crippen LogP contribution in [-0.2, 0) is 11.9 Å². The van der Waals surface area contributed by atoms with Crippen LogP contribution in [0.2, 0.25) is 0 Å². The van der Waals surface area contributed by atoms with Gasteiger partial charge in [0.2, 0.25) is 0 Å². The number of nitrogens with zero attached hydrogens (tertiary/aromatic N) is 3. The van der Waals surface area contributed by atoms with E-state index < -0.39 is 0 Å². The van der Waals surface area contributed by atoms with E-state index in [0.29, 0.717) is 6.61 Å². The SMILES string of the molecule is CC(C)n1ncnc1COc1ccc(CBr)cc1Br. The first kappa shape index (κ1) is 14.5. The smallest absolute Gasteiger partial charge is 0.165 e. The molecule has 0 spiro atoms. The molecule has 0 N–H and O–H groups in total. The van der Waals surface area contributed by atoms with Crippen molar-refractivity contribution in [3.8, 4) is 5.75 Å². The van der Waals surface area contributed by atoms with Gasteiger partial charge in [-0.15, -0.1) is 0 Å². The number of alkyl halides is 1. The summed E-state index contributed by atoms with van der Waals surface area (Å²) in [5.74, 6) is 1.63. The van der Waals surface area contributed by atoms with E-state index in [2.05, 4.69) is 55.8 Å². The van der Waals surface area contributed by atoms with Crippen molar-refractivity contribution in [3.05, 3.63) is 40.4 Å². The number of hydrogen-bond acceptors (Lipinski definition) is 3. The maximum absolute atomic E-state index is 5.79. The van der Waals surface area contributed by atoms with E-state index >= 15 is 0 Å². The second kappa shape index (κ2) is 6.52. The molecule has 0 aliphatic carbocycles. The second-order valence-electron chi connectivity index (χ2n) is 4.40. The average Bonchev–Trinajstić information content (AvgIpc) is 2.85. The molecule has 0 aliphatic heterocycles. The highest BCUT2D eigenvalue weighted by Gasteiger charge is 2.09. The van der Waals surface area contributed by atoms with Crippen molar-refractivity contribution in [2.75, 3.05) is 0 Å². The summed E-state index contributed by atoms with van der Waals surface area (Å²) >= 11 is 6.94. The number of benzene rings is 1. The molecule has 2 rings (SSSR count). The van der Waals surface area contributed by atoms with Crippen molar-refractivity contribution in [3.63, 3.8) is 0 Å². The minimum Gasteiger partial charge on any atom is -0.484 e. The number of aromatic nitrogens is 3. The molecule has 0 unspecified atom stereocenters. The third-order valence-electron chi connectivity index (χ3n) is 2.64. The van der Waals surface area contributed by atoms with Crippen molar-refractivity contribution < 1.29 is 4.74 Å². The van der Waals surface area contributed by atoms with Crippen LogP contribution < -0.4 is 4.74 Å². The Morgan fingerprint density at radius 2 is 2.16 bits per heavy atom. The maximum Gasteiger partial charge on any atom is 0.165 e. The molecule has 19 heavy (non-hydrogen) atoms. The van der Waals surface area contributed by atoms with Crippen LogP contribution in [0.4, 0.5) is 0 Å². The molecule has 0 saturated carbocycles. The highest BCUT2D eigenvalue weighted by atomic mass is 79.9. The third-order valence-corrected chi connectivity index (χ3v) is 3.91. The van der Waals surface area contributed by atoms with Crippen molar-refractivity contribution in [1.82, 2.24) is 14.8 Å². The Bertz CT molecular complexity index is 555. The molecular formula is C13H15Br2N3O. The van der Waals surface area contributed by atoms with Gasteiger partial charge in [-0.3, -0.25) is 0 Å². The molecule has 6 heteroatoms. The highest BCUT2D eigenvalue weighted by Crippen LogP contribution is 2.27. The molecule has 102 valence electrons. The first-order valence-corrected chi connectivity index (χ1v) is 7.89. The first-order chi connectivity index (χ1) is 9.11. The fourth-order valence-corrected chi connectivity index (χ4v) is 2.58. The van der Waals surface area contributed by atoms with Gasteiger partial charge in [-0.2, -0.15) is 5.10 Å². The van der Waals surface area contributed by atoms with E-state index in [0.717, 1.165) is 21.4 Å². The minimum atomic E-state index is 0.278. The number of hydrogen-bond donors (Lipinski definition) is 0. The maximum atomic E-state index is 5.79. The van der Waals surface area contributed by atoms with Gasteiger partial charge in [0, 0.05) is 11.4 Å². The van der Waals surface area contributed by atoms with Crippen LogP contribution >= 0.6 is 31.9 Å². The van der Waals surface area contributed by atoms with E-state index in [4.69, 9.17) is 4.74 Å². The Labute approximate surface area is 129 Å². The monoisotopic (exact) mass is 387 g/mol. The van der Waals surface area contributed by atoms with Crippen molar-refractivity contribution in [1.29, 1.82) is 0 Å². The summed E-state index contributed by atoms with van der Waals surface area (Å²) in [4.78, 5) is 4.22. The molecule has 0 aliphatic rings. The summed E-state index contributed by atoms with van der Waals surface area (Å²) in [5.41, 5.74) is 1.20. The second-order valence-corrected chi connectivity index (χ2v) is 5.82. The largest absolute Gasteiger partial charge is 0.484 e. The van der Waals surface area contributed by atoms with E-state index in [1.807, 2.05) is 22.9 Å². The number of ether oxygens (including phenoxy) is 1. The highest BCUT2D eigenvalue weighted by molar-refractivity contribution is 9.10. The van der Waals surface area contributed by atoms with E-state index in [1.54, 1.807) is 6.33 Å². The molecule has 0 radical (unpaired) electrons. The summed E-state index contributed by atoms with van der Waals surface area (Å²) in [7, 11) is 0. The number of halogens is 2. The zero-order valence-corrected chi connectivity index (χ0v) is 14.0. The molecular weight excluding hydrogens is 374 g/mol. The average molecular weight is 389 g/mol. The van der Waals surface area contributed by atoms with Crippen LogP contribution in [0.3, 0.4) is 0 Å². The molecule has 0 bridgehead atoms. The zero-order chi connectivity index (χ0) is 13.8. The van der Waals surface area contributed by atoms with Crippen molar-refractivity contribution >= 4 is 31.9 Å². The summed E-state index contributed by atoms with van der Waals surface area (Å²) < 4.78 is 8.59. The standard InChI is InChI=1S/C13H15Br2N3O/c1-9(2)18-13(16-8-17-18)7-19-12-4-3-10(6-14)5-11(12)15/h3-5,8-9H,6-7H2,1-2H3. The molecule has 1 aromatic carbocycles. The number of rotatable bonds is 5. The summed E-state index contributed by atoms with van der Waals surface area (Å²) in [6, 6.07) is 6.30. The van der Waals surface area contributed by atoms with Crippen LogP contribution in [0.1, 0.15) is 31.3 Å². The summed E-state index contributed by atoms with van der Waals surface area (Å²) in [6.07, 6.45) is 1.56. The Morgan fingerprint density at radius 1 is 1.37 bits per heavy atom. The van der Waals surface area contributed by atoms with E-state index in [1.165, 1.54) is 5.56 Å². The molecule has 0 amide bonds. The lowest BCUT2D eigenvalue weighted by Gasteiger charge is -2.11. The van der Waals surface area contributed by atoms with Gasteiger partial charge >= 0.3 is 0 Å². The fraction of sp³-hybridized carbons (Fsp3) is 0.385. The minimum absolute atomic E-state index is 0.278. The topological polar surface area (TPSA) is 39.9 Å². The van der Waals surface area contributed by atoms with Gasteiger partial charge in [0.15, 0.2) is 5.82 Å². The molecule has 4 nitrogen and oxygen atoms in total. The predicted molar refractivity (Wildman–Crippen MR) is 81.5 cm³/mol. The van der Waals surface area contributed by atoms with Gasteiger partial charge < -0.3 is 4.74 Å². The van der Waals surface area contributed by atoms with Crippen LogP contribution in [0, 0.1) is 0 Å². The Hall–Kier alpha value is -0.880. The Balaban J connectivity index is 2.08.